The number of nitriles is 1. The van der Waals surface area contributed by atoms with E-state index in [4.69, 9.17) is 4.42 Å². The fraction of sp³-hybridized carbons (Fsp3) is 0.333. The first kappa shape index (κ1) is 16.6. The molecule has 0 aliphatic heterocycles. The smallest absolute Gasteiger partial charge is 0.176 e. The Hall–Kier alpha value is -2.84. The minimum Gasteiger partial charge on any atom is -0.453 e. The summed E-state index contributed by atoms with van der Waals surface area (Å²) in [6.45, 7) is 0.246. The van der Waals surface area contributed by atoms with Gasteiger partial charge in [0.2, 0.25) is 0 Å². The number of furan rings is 1. The van der Waals surface area contributed by atoms with Gasteiger partial charge in [-0.2, -0.15) is 5.26 Å². The summed E-state index contributed by atoms with van der Waals surface area (Å²) < 4.78 is 8.22. The van der Waals surface area contributed by atoms with E-state index >= 15 is 0 Å². The predicted molar refractivity (Wildman–Crippen MR) is 98.2 cm³/mol. The minimum atomic E-state index is 0.246. The molecule has 4 rings (SSSR count). The van der Waals surface area contributed by atoms with Gasteiger partial charge >= 0.3 is 0 Å². The van der Waals surface area contributed by atoms with Crippen molar-refractivity contribution in [3.05, 3.63) is 54.4 Å². The van der Waals surface area contributed by atoms with Crippen LogP contribution in [0.15, 0.2) is 53.2 Å². The molecule has 26 heavy (non-hydrogen) atoms. The molecule has 0 saturated heterocycles. The maximum Gasteiger partial charge on any atom is 0.176 e. The van der Waals surface area contributed by atoms with E-state index in [2.05, 4.69) is 15.6 Å². The highest BCUT2D eigenvalue weighted by Crippen LogP contribution is 2.36. The van der Waals surface area contributed by atoms with Crippen LogP contribution in [0.5, 0.6) is 0 Å². The fourth-order valence-electron chi connectivity index (χ4n) is 3.88. The SMILES string of the molecule is N#Cc1ccccc1-c1ccc(-c2nccn2[C@@H]2CCC[C@H](CO)C2)o1. The first-order chi connectivity index (χ1) is 12.8. The molecule has 1 aliphatic carbocycles. The second-order valence-corrected chi connectivity index (χ2v) is 6.85. The molecule has 2 aromatic heterocycles. The largest absolute Gasteiger partial charge is 0.453 e. The lowest BCUT2D eigenvalue weighted by Crippen LogP contribution is -2.21. The van der Waals surface area contributed by atoms with Crippen LogP contribution in [0, 0.1) is 17.2 Å². The van der Waals surface area contributed by atoms with Crippen LogP contribution in [-0.2, 0) is 0 Å². The lowest BCUT2D eigenvalue weighted by molar-refractivity contribution is 0.163. The second-order valence-electron chi connectivity index (χ2n) is 6.85. The van der Waals surface area contributed by atoms with Crippen LogP contribution in [0.4, 0.5) is 0 Å². The zero-order valence-electron chi connectivity index (χ0n) is 14.5. The average Bonchev–Trinajstić information content (AvgIpc) is 3.37. The molecule has 2 heterocycles. The molecular weight excluding hydrogens is 326 g/mol. The van der Waals surface area contributed by atoms with Crippen LogP contribution >= 0.6 is 0 Å². The molecule has 1 aromatic carbocycles. The maximum absolute atomic E-state index is 9.50. The summed E-state index contributed by atoms with van der Waals surface area (Å²) in [6, 6.07) is 13.8. The zero-order valence-corrected chi connectivity index (χ0v) is 14.5. The average molecular weight is 347 g/mol. The van der Waals surface area contributed by atoms with E-state index < -0.39 is 0 Å². The van der Waals surface area contributed by atoms with E-state index in [0.29, 0.717) is 29.0 Å². The van der Waals surface area contributed by atoms with Gasteiger partial charge < -0.3 is 14.1 Å². The first-order valence-electron chi connectivity index (χ1n) is 9.03. The molecule has 1 N–H and O–H groups in total. The van der Waals surface area contributed by atoms with Gasteiger partial charge in [0.05, 0.1) is 11.6 Å². The lowest BCUT2D eigenvalue weighted by atomic mass is 9.86. The van der Waals surface area contributed by atoms with E-state index in [9.17, 15) is 10.4 Å². The fourth-order valence-corrected chi connectivity index (χ4v) is 3.88. The van der Waals surface area contributed by atoms with Crippen LogP contribution in [0.1, 0.15) is 37.3 Å². The topological polar surface area (TPSA) is 75.0 Å². The Bertz CT molecular complexity index is 935. The number of aliphatic hydroxyl groups excluding tert-OH is 1. The van der Waals surface area contributed by atoms with Crippen molar-refractivity contribution < 1.29 is 9.52 Å². The molecule has 0 unspecified atom stereocenters. The summed E-state index contributed by atoms with van der Waals surface area (Å²) in [4.78, 5) is 4.50. The third-order valence-corrected chi connectivity index (χ3v) is 5.21. The zero-order chi connectivity index (χ0) is 17.9. The third-order valence-electron chi connectivity index (χ3n) is 5.21. The van der Waals surface area contributed by atoms with Crippen molar-refractivity contribution in [2.45, 2.75) is 31.7 Å². The number of nitrogens with zero attached hydrogens (tertiary/aromatic N) is 3. The molecule has 0 spiro atoms. The highest BCUT2D eigenvalue weighted by atomic mass is 16.3. The number of imidazole rings is 1. The van der Waals surface area contributed by atoms with Crippen LogP contribution in [0.3, 0.4) is 0 Å². The van der Waals surface area contributed by atoms with E-state index in [-0.39, 0.29) is 6.61 Å². The van der Waals surface area contributed by atoms with Gasteiger partial charge in [0, 0.05) is 30.6 Å². The summed E-state index contributed by atoms with van der Waals surface area (Å²) in [7, 11) is 0. The van der Waals surface area contributed by atoms with Gasteiger partial charge in [-0.15, -0.1) is 0 Å². The Morgan fingerprint density at radius 1 is 1.19 bits per heavy atom. The van der Waals surface area contributed by atoms with Crippen molar-refractivity contribution in [2.75, 3.05) is 6.61 Å². The molecule has 5 nitrogen and oxygen atoms in total. The molecule has 132 valence electrons. The Labute approximate surface area is 152 Å². The van der Waals surface area contributed by atoms with Crippen LogP contribution in [0.25, 0.3) is 22.9 Å². The molecule has 0 radical (unpaired) electrons. The molecule has 2 atom stereocenters. The molecule has 3 aromatic rings. The molecule has 0 amide bonds. The maximum atomic E-state index is 9.50. The molecule has 1 aliphatic rings. The summed E-state index contributed by atoms with van der Waals surface area (Å²) in [5.74, 6) is 2.53. The lowest BCUT2D eigenvalue weighted by Gasteiger charge is -2.29. The predicted octanol–water partition coefficient (Wildman–Crippen LogP) is 4.41. The van der Waals surface area contributed by atoms with Gasteiger partial charge in [0.1, 0.15) is 5.76 Å². The third kappa shape index (κ3) is 3.04. The Balaban J connectivity index is 1.65. The Morgan fingerprint density at radius 3 is 2.88 bits per heavy atom. The van der Waals surface area contributed by atoms with Crippen molar-refractivity contribution in [1.82, 2.24) is 9.55 Å². The van der Waals surface area contributed by atoms with E-state index in [0.717, 1.165) is 37.1 Å². The van der Waals surface area contributed by atoms with E-state index in [1.165, 1.54) is 0 Å². The Morgan fingerprint density at radius 2 is 2.04 bits per heavy atom. The van der Waals surface area contributed by atoms with Gasteiger partial charge in [-0.3, -0.25) is 0 Å². The molecule has 1 saturated carbocycles. The summed E-state index contributed by atoms with van der Waals surface area (Å²) in [6.07, 6.45) is 8.04. The number of aliphatic hydroxyl groups is 1. The van der Waals surface area contributed by atoms with Gasteiger partial charge in [-0.1, -0.05) is 18.6 Å². The van der Waals surface area contributed by atoms with Crippen LogP contribution < -0.4 is 0 Å². The summed E-state index contributed by atoms with van der Waals surface area (Å²) in [5, 5.41) is 18.8. The highest BCUT2D eigenvalue weighted by Gasteiger charge is 2.25. The normalized spacial score (nSPS) is 20.0. The van der Waals surface area contributed by atoms with Crippen molar-refractivity contribution in [1.29, 1.82) is 5.26 Å². The number of hydrogen-bond acceptors (Lipinski definition) is 4. The van der Waals surface area contributed by atoms with Gasteiger partial charge in [-0.25, -0.2) is 4.98 Å². The number of aromatic nitrogens is 2. The van der Waals surface area contributed by atoms with Gasteiger partial charge in [-0.05, 0) is 49.4 Å². The highest BCUT2D eigenvalue weighted by molar-refractivity contribution is 5.68. The van der Waals surface area contributed by atoms with Crippen molar-refractivity contribution >= 4 is 0 Å². The van der Waals surface area contributed by atoms with E-state index in [1.807, 2.05) is 36.5 Å². The standard InChI is InChI=1S/C21H21N3O2/c22-13-16-5-1-2-7-18(16)19-8-9-20(26-19)21-23-10-11-24(21)17-6-3-4-15(12-17)14-25/h1-2,5,7-11,15,17,25H,3-4,6,12,14H2/t15-,17+/m0/s1. The first-order valence-corrected chi connectivity index (χ1v) is 9.03. The second kappa shape index (κ2) is 7.19. The van der Waals surface area contributed by atoms with Crippen molar-refractivity contribution in [3.63, 3.8) is 0 Å². The van der Waals surface area contributed by atoms with Gasteiger partial charge in [0.25, 0.3) is 0 Å². The van der Waals surface area contributed by atoms with Crippen molar-refractivity contribution in [2.24, 2.45) is 5.92 Å². The van der Waals surface area contributed by atoms with E-state index in [1.54, 1.807) is 12.3 Å². The van der Waals surface area contributed by atoms with Crippen LogP contribution in [0.2, 0.25) is 0 Å². The number of hydrogen-bond donors (Lipinski definition) is 1. The summed E-state index contributed by atoms with van der Waals surface area (Å²) >= 11 is 0. The Kier molecular flexibility index (Phi) is 4.59. The molecule has 1 fully saturated rings. The number of benzene rings is 1. The molecular formula is C21H21N3O2. The minimum absolute atomic E-state index is 0.246. The van der Waals surface area contributed by atoms with Crippen molar-refractivity contribution in [3.8, 4) is 29.0 Å². The molecule has 0 bridgehead atoms. The monoisotopic (exact) mass is 347 g/mol. The van der Waals surface area contributed by atoms with Crippen LogP contribution in [-0.4, -0.2) is 21.3 Å². The number of rotatable bonds is 4. The summed E-state index contributed by atoms with van der Waals surface area (Å²) in [5.41, 5.74) is 1.38. The molecule has 5 heteroatoms. The quantitative estimate of drug-likeness (QED) is 0.759. The van der Waals surface area contributed by atoms with Gasteiger partial charge in [0.15, 0.2) is 11.6 Å².